The first-order valence-corrected chi connectivity index (χ1v) is 7.52. The molecular weight excluding hydrogens is 282 g/mol. The summed E-state index contributed by atoms with van der Waals surface area (Å²) >= 11 is 0. The van der Waals surface area contributed by atoms with E-state index < -0.39 is 0 Å². The summed E-state index contributed by atoms with van der Waals surface area (Å²) in [5.74, 6) is 0.476. The minimum absolute atomic E-state index is 0.143. The van der Waals surface area contributed by atoms with E-state index in [0.717, 1.165) is 11.4 Å². The minimum atomic E-state index is -0.220. The summed E-state index contributed by atoms with van der Waals surface area (Å²) in [5, 5.41) is 8.66. The largest absolute Gasteiger partial charge is 0.330 e. The Morgan fingerprint density at radius 1 is 1.23 bits per heavy atom. The van der Waals surface area contributed by atoms with Crippen molar-refractivity contribution in [2.24, 2.45) is 7.05 Å². The van der Waals surface area contributed by atoms with Crippen LogP contribution in [0, 0.1) is 0 Å². The number of hydrogen-bond acceptors (Lipinski definition) is 4. The summed E-state index contributed by atoms with van der Waals surface area (Å²) in [6, 6.07) is 4.98. The van der Waals surface area contributed by atoms with E-state index in [1.54, 1.807) is 11.9 Å². The number of hydrogen-bond donors (Lipinski definition) is 0. The Balaban J connectivity index is 1.56. The van der Waals surface area contributed by atoms with Gasteiger partial charge in [-0.15, -0.1) is 0 Å². The number of aromatic nitrogens is 4. The van der Waals surface area contributed by atoms with Gasteiger partial charge in [0, 0.05) is 25.6 Å². The number of nitrogens with zero attached hydrogens (tertiary/aromatic N) is 5. The van der Waals surface area contributed by atoms with E-state index in [1.807, 2.05) is 4.68 Å². The summed E-state index contributed by atoms with van der Waals surface area (Å²) in [4.78, 5) is 25.7. The van der Waals surface area contributed by atoms with Gasteiger partial charge >= 0.3 is 0 Å². The molecule has 3 heterocycles. The van der Waals surface area contributed by atoms with Crippen LogP contribution in [-0.4, -0.2) is 36.9 Å². The van der Waals surface area contributed by atoms with Crippen LogP contribution >= 0.6 is 0 Å². The van der Waals surface area contributed by atoms with E-state index in [2.05, 4.69) is 16.3 Å². The fourth-order valence-electron chi connectivity index (χ4n) is 2.82. The number of fused-ring (bicyclic) bond motifs is 1. The summed E-state index contributed by atoms with van der Waals surface area (Å²) in [6.07, 6.45) is 2.45. The van der Waals surface area contributed by atoms with Gasteiger partial charge in [-0.1, -0.05) is 0 Å². The van der Waals surface area contributed by atoms with Gasteiger partial charge in [-0.05, 0) is 25.0 Å². The van der Waals surface area contributed by atoms with E-state index in [-0.39, 0.29) is 11.5 Å². The fourth-order valence-corrected chi connectivity index (χ4v) is 2.82. The SMILES string of the molecule is Cn1nc(C(=O)N2CCn3nc(C4CC4)cc3C2)ccc1=O. The third-order valence-corrected chi connectivity index (χ3v) is 4.28. The normalized spacial score (nSPS) is 17.4. The second-order valence-corrected chi connectivity index (χ2v) is 5.97. The van der Waals surface area contributed by atoms with Crippen LogP contribution in [0.25, 0.3) is 0 Å². The first-order chi connectivity index (χ1) is 10.6. The Kier molecular flexibility index (Phi) is 2.88. The molecule has 0 bridgehead atoms. The van der Waals surface area contributed by atoms with Crippen LogP contribution in [0.5, 0.6) is 0 Å². The zero-order valence-electron chi connectivity index (χ0n) is 12.4. The Labute approximate surface area is 127 Å². The van der Waals surface area contributed by atoms with Crippen molar-refractivity contribution in [1.29, 1.82) is 0 Å². The van der Waals surface area contributed by atoms with Gasteiger partial charge in [-0.3, -0.25) is 14.3 Å². The second kappa shape index (κ2) is 4.79. The molecule has 0 radical (unpaired) electrons. The fraction of sp³-hybridized carbons (Fsp3) is 0.467. The molecule has 2 aliphatic rings. The molecule has 7 heteroatoms. The van der Waals surface area contributed by atoms with Gasteiger partial charge in [-0.2, -0.15) is 10.2 Å². The summed E-state index contributed by atoms with van der Waals surface area (Å²) in [6.45, 7) is 1.87. The van der Waals surface area contributed by atoms with Crippen LogP contribution in [0.3, 0.4) is 0 Å². The van der Waals surface area contributed by atoms with Gasteiger partial charge in [0.1, 0.15) is 5.69 Å². The summed E-state index contributed by atoms with van der Waals surface area (Å²) in [7, 11) is 1.55. The highest BCUT2D eigenvalue weighted by Gasteiger charge is 2.30. The second-order valence-electron chi connectivity index (χ2n) is 5.97. The lowest BCUT2D eigenvalue weighted by Gasteiger charge is -2.27. The average Bonchev–Trinajstić information content (AvgIpc) is 3.28. The highest BCUT2D eigenvalue weighted by molar-refractivity contribution is 5.92. The first-order valence-electron chi connectivity index (χ1n) is 7.52. The highest BCUT2D eigenvalue weighted by Crippen LogP contribution is 2.39. The van der Waals surface area contributed by atoms with Crippen molar-refractivity contribution in [3.05, 3.63) is 45.6 Å². The quantitative estimate of drug-likeness (QED) is 0.810. The molecule has 0 unspecified atom stereocenters. The molecule has 0 saturated heterocycles. The number of aryl methyl sites for hydroxylation is 1. The zero-order chi connectivity index (χ0) is 15.3. The van der Waals surface area contributed by atoms with Crippen molar-refractivity contribution in [3.8, 4) is 0 Å². The monoisotopic (exact) mass is 299 g/mol. The Bertz CT molecular complexity index is 803. The van der Waals surface area contributed by atoms with Crippen molar-refractivity contribution < 1.29 is 4.79 Å². The van der Waals surface area contributed by atoms with E-state index in [9.17, 15) is 9.59 Å². The molecule has 1 fully saturated rings. The van der Waals surface area contributed by atoms with E-state index in [4.69, 9.17) is 0 Å². The Hall–Kier alpha value is -2.44. The van der Waals surface area contributed by atoms with Gasteiger partial charge in [0.25, 0.3) is 11.5 Å². The van der Waals surface area contributed by atoms with Crippen molar-refractivity contribution in [2.75, 3.05) is 6.54 Å². The standard InChI is InChI=1S/C15H17N5O2/c1-18-14(21)5-4-12(16-18)15(22)19-6-7-20-11(9-19)8-13(17-20)10-2-3-10/h4-5,8,10H,2-3,6-7,9H2,1H3. The number of rotatable bonds is 2. The van der Waals surface area contributed by atoms with E-state index in [1.165, 1.54) is 29.7 Å². The van der Waals surface area contributed by atoms with Crippen LogP contribution in [-0.2, 0) is 20.1 Å². The molecule has 7 nitrogen and oxygen atoms in total. The predicted molar refractivity (Wildman–Crippen MR) is 78.4 cm³/mol. The van der Waals surface area contributed by atoms with Crippen molar-refractivity contribution in [1.82, 2.24) is 24.5 Å². The molecule has 2 aromatic rings. The van der Waals surface area contributed by atoms with Crippen LogP contribution in [0.4, 0.5) is 0 Å². The molecule has 0 N–H and O–H groups in total. The lowest BCUT2D eigenvalue weighted by molar-refractivity contribution is 0.0697. The van der Waals surface area contributed by atoms with Gasteiger partial charge in [0.05, 0.1) is 24.5 Å². The lowest BCUT2D eigenvalue weighted by atomic mass is 10.2. The summed E-state index contributed by atoms with van der Waals surface area (Å²) < 4.78 is 3.19. The molecule has 22 heavy (non-hydrogen) atoms. The van der Waals surface area contributed by atoms with Crippen LogP contribution in [0.2, 0.25) is 0 Å². The van der Waals surface area contributed by atoms with Gasteiger partial charge in [-0.25, -0.2) is 4.68 Å². The van der Waals surface area contributed by atoms with E-state index >= 15 is 0 Å². The van der Waals surface area contributed by atoms with Crippen molar-refractivity contribution >= 4 is 5.91 Å². The molecular formula is C15H17N5O2. The molecule has 1 aliphatic heterocycles. The summed E-state index contributed by atoms with van der Waals surface area (Å²) in [5.41, 5.74) is 2.32. The minimum Gasteiger partial charge on any atom is -0.330 e. The van der Waals surface area contributed by atoms with E-state index in [0.29, 0.717) is 31.2 Å². The molecule has 114 valence electrons. The maximum Gasteiger partial charge on any atom is 0.274 e. The Morgan fingerprint density at radius 3 is 2.77 bits per heavy atom. The third-order valence-electron chi connectivity index (χ3n) is 4.28. The molecule has 0 aromatic carbocycles. The van der Waals surface area contributed by atoms with Crippen LogP contribution in [0.15, 0.2) is 23.0 Å². The van der Waals surface area contributed by atoms with Gasteiger partial charge in [0.15, 0.2) is 0 Å². The Morgan fingerprint density at radius 2 is 2.05 bits per heavy atom. The number of carbonyl (C=O) groups excluding carboxylic acids is 1. The van der Waals surface area contributed by atoms with Gasteiger partial charge in [0.2, 0.25) is 0 Å². The predicted octanol–water partition coefficient (Wildman–Crippen LogP) is 0.510. The molecule has 4 rings (SSSR count). The highest BCUT2D eigenvalue weighted by atomic mass is 16.2. The van der Waals surface area contributed by atoms with Crippen LogP contribution < -0.4 is 5.56 Å². The molecule has 0 spiro atoms. The van der Waals surface area contributed by atoms with Gasteiger partial charge < -0.3 is 4.90 Å². The maximum absolute atomic E-state index is 12.5. The van der Waals surface area contributed by atoms with Crippen LogP contribution in [0.1, 0.15) is 40.6 Å². The lowest BCUT2D eigenvalue weighted by Crippen LogP contribution is -2.39. The topological polar surface area (TPSA) is 73.0 Å². The smallest absolute Gasteiger partial charge is 0.274 e. The maximum atomic E-state index is 12.5. The van der Waals surface area contributed by atoms with Crippen molar-refractivity contribution in [2.45, 2.75) is 31.8 Å². The average molecular weight is 299 g/mol. The first kappa shape index (κ1) is 13.2. The molecule has 1 amide bonds. The molecule has 1 aliphatic carbocycles. The molecule has 1 saturated carbocycles. The third kappa shape index (κ3) is 2.22. The number of carbonyl (C=O) groups is 1. The van der Waals surface area contributed by atoms with Crippen molar-refractivity contribution in [3.63, 3.8) is 0 Å². The zero-order valence-corrected chi connectivity index (χ0v) is 12.4. The molecule has 2 aromatic heterocycles. The molecule has 0 atom stereocenters. The number of amides is 1.